The minimum atomic E-state index is -0.360. The fraction of sp³-hybridized carbons (Fsp3) is 0.190. The van der Waals surface area contributed by atoms with Gasteiger partial charge in [0.15, 0.2) is 6.61 Å². The third kappa shape index (κ3) is 4.40. The van der Waals surface area contributed by atoms with Crippen molar-refractivity contribution in [2.45, 2.75) is 20.8 Å². The molecule has 0 fully saturated rings. The van der Waals surface area contributed by atoms with Crippen LogP contribution in [0.2, 0.25) is 5.15 Å². The van der Waals surface area contributed by atoms with Crippen LogP contribution in [0.15, 0.2) is 53.6 Å². The maximum atomic E-state index is 12.0. The summed E-state index contributed by atoms with van der Waals surface area (Å²) in [6.45, 7) is 5.65. The Bertz CT molecular complexity index is 1010. The molecule has 0 radical (unpaired) electrons. The van der Waals surface area contributed by atoms with E-state index in [9.17, 15) is 4.79 Å². The molecule has 7 heteroatoms. The lowest BCUT2D eigenvalue weighted by Gasteiger charge is -2.09. The lowest BCUT2D eigenvalue weighted by Crippen LogP contribution is -2.24. The van der Waals surface area contributed by atoms with E-state index >= 15 is 0 Å². The zero-order valence-electron chi connectivity index (χ0n) is 15.9. The Balaban J connectivity index is 1.62. The number of nitrogens with one attached hydrogen (secondary N) is 1. The number of halogens is 1. The molecule has 0 bridgehead atoms. The Labute approximate surface area is 168 Å². The largest absolute Gasteiger partial charge is 0.483 e. The number of nitrogens with zero attached hydrogens (tertiary/aromatic N) is 3. The minimum Gasteiger partial charge on any atom is -0.483 e. The summed E-state index contributed by atoms with van der Waals surface area (Å²) in [7, 11) is 0. The van der Waals surface area contributed by atoms with Crippen LogP contribution in [0.5, 0.6) is 5.75 Å². The number of amides is 1. The molecule has 1 aromatic heterocycles. The smallest absolute Gasteiger partial charge is 0.277 e. The van der Waals surface area contributed by atoms with Gasteiger partial charge in [-0.2, -0.15) is 10.2 Å². The van der Waals surface area contributed by atoms with Crippen molar-refractivity contribution in [2.24, 2.45) is 5.10 Å². The molecular weight excluding hydrogens is 376 g/mol. The Kier molecular flexibility index (Phi) is 6.11. The first-order valence-electron chi connectivity index (χ1n) is 8.79. The monoisotopic (exact) mass is 396 g/mol. The second kappa shape index (κ2) is 8.71. The van der Waals surface area contributed by atoms with E-state index in [1.54, 1.807) is 4.68 Å². The van der Waals surface area contributed by atoms with E-state index in [1.807, 2.05) is 69.3 Å². The van der Waals surface area contributed by atoms with Crippen molar-refractivity contribution in [1.82, 2.24) is 15.2 Å². The molecule has 2 aromatic carbocycles. The van der Waals surface area contributed by atoms with E-state index in [0.717, 1.165) is 16.8 Å². The number of rotatable bonds is 6. The predicted octanol–water partition coefficient (Wildman–Crippen LogP) is 3.98. The molecule has 0 aliphatic carbocycles. The van der Waals surface area contributed by atoms with E-state index in [0.29, 0.717) is 22.2 Å². The second-order valence-electron chi connectivity index (χ2n) is 6.32. The Morgan fingerprint density at radius 1 is 1.18 bits per heavy atom. The van der Waals surface area contributed by atoms with Gasteiger partial charge in [0.25, 0.3) is 5.91 Å². The molecule has 3 aromatic rings. The summed E-state index contributed by atoms with van der Waals surface area (Å²) in [5.74, 6) is 0.323. The Morgan fingerprint density at radius 3 is 2.68 bits per heavy atom. The predicted molar refractivity (Wildman–Crippen MR) is 110 cm³/mol. The number of ether oxygens (including phenoxy) is 1. The third-order valence-electron chi connectivity index (χ3n) is 4.35. The van der Waals surface area contributed by atoms with Crippen LogP contribution in [-0.2, 0) is 4.79 Å². The zero-order chi connectivity index (χ0) is 20.1. The summed E-state index contributed by atoms with van der Waals surface area (Å²) in [6.07, 6.45) is 1.49. The lowest BCUT2D eigenvalue weighted by atomic mass is 10.1. The SMILES string of the molecule is Cc1cccc(OCC(=O)N/N=C/c2c(C)nn(-c3ccccc3)c2Cl)c1C. The molecular formula is C21H21ClN4O2. The molecule has 28 heavy (non-hydrogen) atoms. The molecule has 0 spiro atoms. The highest BCUT2D eigenvalue weighted by molar-refractivity contribution is 6.32. The molecule has 1 heterocycles. The van der Waals surface area contributed by atoms with Gasteiger partial charge >= 0.3 is 0 Å². The standard InChI is InChI=1S/C21H21ClN4O2/c1-14-8-7-11-19(15(14)2)28-13-20(27)24-23-12-18-16(3)25-26(21(18)22)17-9-5-4-6-10-17/h4-12H,13H2,1-3H3,(H,24,27)/b23-12+. The summed E-state index contributed by atoms with van der Waals surface area (Å²) in [5.41, 5.74) is 6.76. The molecule has 0 aliphatic rings. The van der Waals surface area contributed by atoms with Crippen molar-refractivity contribution in [3.63, 3.8) is 0 Å². The van der Waals surface area contributed by atoms with Gasteiger partial charge in [0.05, 0.1) is 23.2 Å². The second-order valence-corrected chi connectivity index (χ2v) is 6.68. The van der Waals surface area contributed by atoms with Gasteiger partial charge in [-0.25, -0.2) is 10.1 Å². The van der Waals surface area contributed by atoms with Crippen LogP contribution < -0.4 is 10.2 Å². The van der Waals surface area contributed by atoms with Crippen LogP contribution in [0.1, 0.15) is 22.4 Å². The number of carbonyl (C=O) groups is 1. The molecule has 1 amide bonds. The van der Waals surface area contributed by atoms with Crippen molar-refractivity contribution < 1.29 is 9.53 Å². The minimum absolute atomic E-state index is 0.127. The molecule has 6 nitrogen and oxygen atoms in total. The van der Waals surface area contributed by atoms with Crippen molar-refractivity contribution >= 4 is 23.7 Å². The first kappa shape index (κ1) is 19.6. The maximum Gasteiger partial charge on any atom is 0.277 e. The molecule has 0 aliphatic heterocycles. The molecule has 0 saturated carbocycles. The number of aryl methyl sites for hydroxylation is 2. The normalized spacial score (nSPS) is 11.0. The van der Waals surface area contributed by atoms with Crippen LogP contribution >= 0.6 is 11.6 Å². The number of carbonyl (C=O) groups excluding carboxylic acids is 1. The highest BCUT2D eigenvalue weighted by Gasteiger charge is 2.13. The number of hydrogen-bond acceptors (Lipinski definition) is 4. The van der Waals surface area contributed by atoms with Crippen LogP contribution in [0.4, 0.5) is 0 Å². The van der Waals surface area contributed by atoms with E-state index < -0.39 is 0 Å². The molecule has 1 N–H and O–H groups in total. The Hall–Kier alpha value is -3.12. The quantitative estimate of drug-likeness (QED) is 0.506. The van der Waals surface area contributed by atoms with E-state index in [-0.39, 0.29) is 12.5 Å². The fourth-order valence-corrected chi connectivity index (χ4v) is 2.94. The van der Waals surface area contributed by atoms with Gasteiger partial charge in [-0.1, -0.05) is 41.9 Å². The maximum absolute atomic E-state index is 12.0. The summed E-state index contributed by atoms with van der Waals surface area (Å²) in [5, 5.41) is 8.83. The van der Waals surface area contributed by atoms with Crippen molar-refractivity contribution in [3.05, 3.63) is 76.1 Å². The average molecular weight is 397 g/mol. The van der Waals surface area contributed by atoms with Crippen LogP contribution in [0, 0.1) is 20.8 Å². The van der Waals surface area contributed by atoms with Gasteiger partial charge in [-0.15, -0.1) is 0 Å². The number of hydrogen-bond donors (Lipinski definition) is 1. The molecule has 0 saturated heterocycles. The highest BCUT2D eigenvalue weighted by Crippen LogP contribution is 2.22. The zero-order valence-corrected chi connectivity index (χ0v) is 16.7. The van der Waals surface area contributed by atoms with Crippen molar-refractivity contribution in [2.75, 3.05) is 6.61 Å². The van der Waals surface area contributed by atoms with Crippen LogP contribution in [-0.4, -0.2) is 28.5 Å². The van der Waals surface area contributed by atoms with Crippen LogP contribution in [0.25, 0.3) is 5.69 Å². The van der Waals surface area contributed by atoms with E-state index in [4.69, 9.17) is 16.3 Å². The number of hydrazone groups is 1. The van der Waals surface area contributed by atoms with Gasteiger partial charge < -0.3 is 4.74 Å². The van der Waals surface area contributed by atoms with Gasteiger partial charge in [0, 0.05) is 0 Å². The number of benzene rings is 2. The molecule has 3 rings (SSSR count). The van der Waals surface area contributed by atoms with Crippen molar-refractivity contribution in [3.8, 4) is 11.4 Å². The average Bonchev–Trinajstić information content (AvgIpc) is 2.98. The summed E-state index contributed by atoms with van der Waals surface area (Å²) in [6, 6.07) is 15.3. The molecule has 0 unspecified atom stereocenters. The van der Waals surface area contributed by atoms with Gasteiger partial charge in [-0.3, -0.25) is 4.79 Å². The Morgan fingerprint density at radius 2 is 1.93 bits per heavy atom. The van der Waals surface area contributed by atoms with Gasteiger partial charge in [0.2, 0.25) is 0 Å². The molecule has 144 valence electrons. The first-order valence-corrected chi connectivity index (χ1v) is 9.16. The highest BCUT2D eigenvalue weighted by atomic mass is 35.5. The summed E-state index contributed by atoms with van der Waals surface area (Å²) in [4.78, 5) is 12.0. The lowest BCUT2D eigenvalue weighted by molar-refractivity contribution is -0.123. The third-order valence-corrected chi connectivity index (χ3v) is 4.71. The van der Waals surface area contributed by atoms with Crippen LogP contribution in [0.3, 0.4) is 0 Å². The number of aromatic nitrogens is 2. The number of para-hydroxylation sites is 1. The summed E-state index contributed by atoms with van der Waals surface area (Å²) >= 11 is 6.42. The first-order chi connectivity index (χ1) is 13.5. The van der Waals surface area contributed by atoms with Gasteiger partial charge in [0.1, 0.15) is 10.9 Å². The topological polar surface area (TPSA) is 68.5 Å². The molecule has 0 atom stereocenters. The summed E-state index contributed by atoms with van der Waals surface area (Å²) < 4.78 is 7.19. The van der Waals surface area contributed by atoms with E-state index in [1.165, 1.54) is 6.21 Å². The fourth-order valence-electron chi connectivity index (χ4n) is 2.62. The van der Waals surface area contributed by atoms with Gasteiger partial charge in [-0.05, 0) is 50.1 Å². The van der Waals surface area contributed by atoms with Crippen molar-refractivity contribution in [1.29, 1.82) is 0 Å². The van der Waals surface area contributed by atoms with E-state index in [2.05, 4.69) is 15.6 Å².